The molecule has 12 nitrogen and oxygen atoms in total. The van der Waals surface area contributed by atoms with Gasteiger partial charge in [-0.25, -0.2) is 4.79 Å². The highest BCUT2D eigenvalue weighted by Gasteiger charge is 2.14. The number of hydrogen-bond acceptors (Lipinski definition) is 9. The number of amidine groups is 1. The Morgan fingerprint density at radius 1 is 0.939 bits per heavy atom. The van der Waals surface area contributed by atoms with E-state index in [1.807, 2.05) is 0 Å². The maximum absolute atomic E-state index is 12.1. The van der Waals surface area contributed by atoms with Gasteiger partial charge in [-0.15, -0.1) is 0 Å². The Kier molecular flexibility index (Phi) is 7.21. The molecule has 0 spiro atoms. The first-order valence-corrected chi connectivity index (χ1v) is 9.34. The summed E-state index contributed by atoms with van der Waals surface area (Å²) in [6.07, 6.45) is 0. The predicted molar refractivity (Wildman–Crippen MR) is 113 cm³/mol. The summed E-state index contributed by atoms with van der Waals surface area (Å²) in [5.41, 5.74) is 11.2. The molecule has 12 heteroatoms. The number of carbonyl (C=O) groups is 2. The first kappa shape index (κ1) is 22.8. The molecule has 0 unspecified atom stereocenters. The van der Waals surface area contributed by atoms with Crippen LogP contribution in [0.4, 0.5) is 5.69 Å². The van der Waals surface area contributed by atoms with Crippen LogP contribution in [-0.4, -0.2) is 29.2 Å². The molecule has 0 fully saturated rings. The van der Waals surface area contributed by atoms with Crippen molar-refractivity contribution in [3.63, 3.8) is 0 Å². The molecular formula is C21H18N4O8. The molecule has 0 saturated carbocycles. The highest BCUT2D eigenvalue weighted by Crippen LogP contribution is 2.19. The number of benzene rings is 2. The lowest BCUT2D eigenvalue weighted by Gasteiger charge is -2.05. The highest BCUT2D eigenvalue weighted by molar-refractivity contribution is 5.98. The molecule has 1 aromatic heterocycles. The van der Waals surface area contributed by atoms with Gasteiger partial charge in [0.15, 0.2) is 12.4 Å². The number of nitro groups is 1. The smallest absolute Gasteiger partial charge is 0.400 e. The van der Waals surface area contributed by atoms with Crippen LogP contribution >= 0.6 is 0 Å². The number of hydrogen-bond donors (Lipinski definition) is 2. The van der Waals surface area contributed by atoms with E-state index in [4.69, 9.17) is 30.2 Å². The Morgan fingerprint density at radius 3 is 2.21 bits per heavy atom. The van der Waals surface area contributed by atoms with E-state index in [2.05, 4.69) is 5.16 Å². The second kappa shape index (κ2) is 10.4. The molecule has 0 aliphatic heterocycles. The van der Waals surface area contributed by atoms with E-state index in [1.54, 1.807) is 24.3 Å². The molecule has 0 bridgehead atoms. The monoisotopic (exact) mass is 454 g/mol. The first-order valence-electron chi connectivity index (χ1n) is 9.34. The molecule has 3 aromatic rings. The maximum Gasteiger partial charge on any atom is 0.400 e. The van der Waals surface area contributed by atoms with Gasteiger partial charge in [0.25, 0.3) is 11.6 Å². The minimum atomic E-state index is -0.874. The molecule has 1 amide bonds. The van der Waals surface area contributed by atoms with Gasteiger partial charge in [-0.05, 0) is 48.5 Å². The van der Waals surface area contributed by atoms with Gasteiger partial charge in [0.2, 0.25) is 5.76 Å². The zero-order valence-corrected chi connectivity index (χ0v) is 17.0. The number of nitro benzene ring substituents is 1. The lowest BCUT2D eigenvalue weighted by molar-refractivity contribution is -0.384. The standard InChI is InChI=1S/C21H18N4O8/c22-19(26)12-31-15-5-1-13(2-6-15)20(23)24-33-21(27)18-10-9-17(32-18)11-30-16-7-3-14(4-8-16)25(28)29/h1-10H,11-12H2,(H2,22,26)(H2,23,24). The van der Waals surface area contributed by atoms with Crippen LogP contribution in [0.25, 0.3) is 0 Å². The zero-order chi connectivity index (χ0) is 23.8. The summed E-state index contributed by atoms with van der Waals surface area (Å²) < 4.78 is 16.0. The number of oxime groups is 1. The van der Waals surface area contributed by atoms with Gasteiger partial charge in [-0.1, -0.05) is 5.16 Å². The van der Waals surface area contributed by atoms with Crippen LogP contribution < -0.4 is 20.9 Å². The average Bonchev–Trinajstić information content (AvgIpc) is 3.29. The fourth-order valence-electron chi connectivity index (χ4n) is 2.45. The summed E-state index contributed by atoms with van der Waals surface area (Å²) in [5, 5.41) is 14.2. The fourth-order valence-corrected chi connectivity index (χ4v) is 2.45. The van der Waals surface area contributed by atoms with Crippen molar-refractivity contribution in [1.82, 2.24) is 0 Å². The minimum Gasteiger partial charge on any atom is -0.486 e. The molecule has 3 rings (SSSR count). The van der Waals surface area contributed by atoms with Crippen LogP contribution in [-0.2, 0) is 16.2 Å². The van der Waals surface area contributed by atoms with Gasteiger partial charge in [-0.3, -0.25) is 14.9 Å². The number of furan rings is 1. The largest absolute Gasteiger partial charge is 0.486 e. The number of non-ortho nitro benzene ring substituents is 1. The van der Waals surface area contributed by atoms with E-state index in [-0.39, 0.29) is 30.5 Å². The number of carbonyl (C=O) groups excluding carboxylic acids is 2. The summed E-state index contributed by atoms with van der Waals surface area (Å²) in [7, 11) is 0. The molecule has 2 aromatic carbocycles. The molecule has 0 atom stereocenters. The van der Waals surface area contributed by atoms with E-state index in [0.29, 0.717) is 22.8 Å². The molecule has 0 aliphatic rings. The second-order valence-corrected chi connectivity index (χ2v) is 6.44. The maximum atomic E-state index is 12.1. The summed E-state index contributed by atoms with van der Waals surface area (Å²) in [6, 6.07) is 14.6. The summed E-state index contributed by atoms with van der Waals surface area (Å²) in [4.78, 5) is 37.8. The van der Waals surface area contributed by atoms with E-state index < -0.39 is 16.8 Å². The Balaban J connectivity index is 1.52. The minimum absolute atomic E-state index is 0.0132. The first-order chi connectivity index (χ1) is 15.8. The third-order valence-corrected chi connectivity index (χ3v) is 4.05. The number of primary amides is 1. The van der Waals surface area contributed by atoms with Crippen LogP contribution in [0.1, 0.15) is 21.9 Å². The lowest BCUT2D eigenvalue weighted by Crippen LogP contribution is -2.20. The van der Waals surface area contributed by atoms with Crippen LogP contribution in [0.3, 0.4) is 0 Å². The topological polar surface area (TPSA) is 183 Å². The third kappa shape index (κ3) is 6.55. The highest BCUT2D eigenvalue weighted by atomic mass is 16.7. The summed E-state index contributed by atoms with van der Waals surface area (Å²) >= 11 is 0. The van der Waals surface area contributed by atoms with Crippen molar-refractivity contribution in [3.8, 4) is 11.5 Å². The van der Waals surface area contributed by atoms with E-state index in [0.717, 1.165) is 0 Å². The number of nitrogens with zero attached hydrogens (tertiary/aromatic N) is 2. The van der Waals surface area contributed by atoms with Gasteiger partial charge in [0, 0.05) is 17.7 Å². The van der Waals surface area contributed by atoms with Crippen molar-refractivity contribution >= 4 is 23.4 Å². The number of nitrogens with two attached hydrogens (primary N) is 2. The number of ether oxygens (including phenoxy) is 2. The Morgan fingerprint density at radius 2 is 1.58 bits per heavy atom. The molecule has 170 valence electrons. The van der Waals surface area contributed by atoms with Crippen molar-refractivity contribution in [2.45, 2.75) is 6.61 Å². The van der Waals surface area contributed by atoms with Gasteiger partial charge in [0.1, 0.15) is 23.9 Å². The molecule has 33 heavy (non-hydrogen) atoms. The van der Waals surface area contributed by atoms with Gasteiger partial charge in [0.05, 0.1) is 4.92 Å². The van der Waals surface area contributed by atoms with Gasteiger partial charge >= 0.3 is 5.97 Å². The normalized spacial score (nSPS) is 11.0. The predicted octanol–water partition coefficient (Wildman–Crippen LogP) is 2.11. The zero-order valence-electron chi connectivity index (χ0n) is 17.0. The lowest BCUT2D eigenvalue weighted by atomic mass is 10.2. The van der Waals surface area contributed by atoms with Gasteiger partial charge in [-0.2, -0.15) is 0 Å². The Hall–Kier alpha value is -4.87. The number of rotatable bonds is 10. The third-order valence-electron chi connectivity index (χ3n) is 4.05. The van der Waals surface area contributed by atoms with Crippen LogP contribution in [0.2, 0.25) is 0 Å². The van der Waals surface area contributed by atoms with E-state index in [1.165, 1.54) is 36.4 Å². The SMILES string of the molecule is NC(=O)COc1ccc(/C(N)=N/OC(=O)c2ccc(COc3ccc([N+](=O)[O-])cc3)o2)cc1. The van der Waals surface area contributed by atoms with Crippen LogP contribution in [0.15, 0.2) is 70.2 Å². The Labute approximate surface area is 186 Å². The quantitative estimate of drug-likeness (QED) is 0.152. The van der Waals surface area contributed by atoms with E-state index >= 15 is 0 Å². The van der Waals surface area contributed by atoms with Crippen molar-refractivity contribution in [2.75, 3.05) is 6.61 Å². The van der Waals surface area contributed by atoms with Crippen molar-refractivity contribution < 1.29 is 33.2 Å². The van der Waals surface area contributed by atoms with Gasteiger partial charge < -0.3 is 30.2 Å². The molecular weight excluding hydrogens is 436 g/mol. The molecule has 0 saturated heterocycles. The number of amides is 1. The van der Waals surface area contributed by atoms with Crippen LogP contribution in [0.5, 0.6) is 11.5 Å². The Bertz CT molecular complexity index is 1170. The van der Waals surface area contributed by atoms with E-state index in [9.17, 15) is 19.7 Å². The average molecular weight is 454 g/mol. The summed E-state index contributed by atoms with van der Waals surface area (Å²) in [5.74, 6) is -0.552. The summed E-state index contributed by atoms with van der Waals surface area (Å²) in [6.45, 7) is -0.273. The molecule has 0 aliphatic carbocycles. The second-order valence-electron chi connectivity index (χ2n) is 6.44. The fraction of sp³-hybridized carbons (Fsp3) is 0.0952. The molecule has 4 N–H and O–H groups in total. The van der Waals surface area contributed by atoms with Crippen molar-refractivity contribution in [3.05, 3.63) is 87.9 Å². The van der Waals surface area contributed by atoms with Crippen molar-refractivity contribution in [1.29, 1.82) is 0 Å². The van der Waals surface area contributed by atoms with Crippen LogP contribution in [0, 0.1) is 10.1 Å². The molecule has 1 heterocycles. The molecule has 0 radical (unpaired) electrons. The van der Waals surface area contributed by atoms with Crippen molar-refractivity contribution in [2.24, 2.45) is 16.6 Å².